The third-order valence-corrected chi connectivity index (χ3v) is 8.39. The van der Waals surface area contributed by atoms with Crippen molar-refractivity contribution in [3.63, 3.8) is 0 Å². The molecule has 14 heavy (non-hydrogen) atoms. The van der Waals surface area contributed by atoms with Crippen LogP contribution in [-0.4, -0.2) is 25.9 Å². The maximum Gasteiger partial charge on any atom is 0.191 e. The Balaban J connectivity index is 4.71. The summed E-state index contributed by atoms with van der Waals surface area (Å²) >= 11 is 9.34. The van der Waals surface area contributed by atoms with Gasteiger partial charge in [-0.15, -0.1) is 0 Å². The van der Waals surface area contributed by atoms with Crippen LogP contribution in [0.3, 0.4) is 0 Å². The lowest BCUT2D eigenvalue weighted by Gasteiger charge is -2.37. The van der Waals surface area contributed by atoms with Gasteiger partial charge in [0.1, 0.15) is 0 Å². The molecule has 1 nitrogen and oxygen atoms in total. The van der Waals surface area contributed by atoms with Gasteiger partial charge in [0.25, 0.3) is 0 Å². The van der Waals surface area contributed by atoms with Crippen LogP contribution in [0.5, 0.6) is 0 Å². The molecular weight excluding hydrogens is 228 g/mol. The molecule has 0 saturated carbocycles. The van der Waals surface area contributed by atoms with Gasteiger partial charge < -0.3 is 4.43 Å². The summed E-state index contributed by atoms with van der Waals surface area (Å²) in [7, 11) is 0.197. The molecule has 0 heterocycles. The molecule has 0 aromatic rings. The molecule has 4 heteroatoms. The SMILES string of the molecule is CCC(S)C(C(S)CC)[Si](C)(C)OC. The summed E-state index contributed by atoms with van der Waals surface area (Å²) in [5.41, 5.74) is 0.522. The quantitative estimate of drug-likeness (QED) is 0.542. The first-order valence-electron chi connectivity index (χ1n) is 5.31. The van der Waals surface area contributed by atoms with Gasteiger partial charge in [0.15, 0.2) is 8.32 Å². The zero-order chi connectivity index (χ0) is 11.4. The van der Waals surface area contributed by atoms with Gasteiger partial charge in [-0.1, -0.05) is 13.8 Å². The van der Waals surface area contributed by atoms with Gasteiger partial charge in [-0.05, 0) is 25.9 Å². The fourth-order valence-electron chi connectivity index (χ4n) is 1.83. The average molecular weight is 253 g/mol. The van der Waals surface area contributed by atoms with Crippen molar-refractivity contribution in [1.29, 1.82) is 0 Å². The molecular formula is C10H24OS2Si. The molecule has 0 aliphatic rings. The third kappa shape index (κ3) is 3.80. The fraction of sp³-hybridized carbons (Fsp3) is 1.00. The molecule has 2 unspecified atom stereocenters. The van der Waals surface area contributed by atoms with E-state index in [1.165, 1.54) is 0 Å². The van der Waals surface area contributed by atoms with Crippen molar-refractivity contribution >= 4 is 33.6 Å². The van der Waals surface area contributed by atoms with Gasteiger partial charge in [0.05, 0.1) is 0 Å². The van der Waals surface area contributed by atoms with Crippen molar-refractivity contribution in [3.05, 3.63) is 0 Å². The second-order valence-electron chi connectivity index (χ2n) is 4.28. The summed E-state index contributed by atoms with van der Waals surface area (Å²) in [5, 5.41) is 0.832. The van der Waals surface area contributed by atoms with Gasteiger partial charge in [-0.25, -0.2) is 0 Å². The predicted molar refractivity (Wildman–Crippen MR) is 74.4 cm³/mol. The Morgan fingerprint density at radius 1 is 1.07 bits per heavy atom. The smallest absolute Gasteiger partial charge is 0.191 e. The maximum absolute atomic E-state index is 5.69. The summed E-state index contributed by atoms with van der Waals surface area (Å²) < 4.78 is 5.69. The number of thiol groups is 2. The highest BCUT2D eigenvalue weighted by atomic mass is 32.1. The molecule has 0 aromatic heterocycles. The van der Waals surface area contributed by atoms with E-state index in [-0.39, 0.29) is 0 Å². The largest absolute Gasteiger partial charge is 0.420 e. The minimum atomic E-state index is -1.63. The van der Waals surface area contributed by atoms with Gasteiger partial charge in [0, 0.05) is 23.2 Å². The van der Waals surface area contributed by atoms with Crippen molar-refractivity contribution in [3.8, 4) is 0 Å². The Morgan fingerprint density at radius 2 is 1.43 bits per heavy atom. The third-order valence-electron chi connectivity index (χ3n) is 2.99. The van der Waals surface area contributed by atoms with Crippen molar-refractivity contribution in [1.82, 2.24) is 0 Å². The topological polar surface area (TPSA) is 9.23 Å². The summed E-state index contributed by atoms with van der Waals surface area (Å²) in [6.07, 6.45) is 2.18. The van der Waals surface area contributed by atoms with Crippen LogP contribution in [0.25, 0.3) is 0 Å². The van der Waals surface area contributed by atoms with Crippen molar-refractivity contribution in [2.75, 3.05) is 7.11 Å². The van der Waals surface area contributed by atoms with E-state index in [4.69, 9.17) is 4.43 Å². The number of hydrogen-bond acceptors (Lipinski definition) is 3. The van der Waals surface area contributed by atoms with Gasteiger partial charge >= 0.3 is 0 Å². The molecule has 0 aliphatic heterocycles. The highest BCUT2D eigenvalue weighted by molar-refractivity contribution is 7.82. The van der Waals surface area contributed by atoms with Crippen molar-refractivity contribution < 1.29 is 4.43 Å². The number of rotatable bonds is 6. The molecule has 0 aromatic carbocycles. The van der Waals surface area contributed by atoms with Crippen LogP contribution in [0.2, 0.25) is 18.6 Å². The Morgan fingerprint density at radius 3 is 1.64 bits per heavy atom. The molecule has 0 bridgehead atoms. The standard InChI is InChI=1S/C10H24OS2Si/c1-6-8(12)10(9(13)7-2)14(4,5)11-3/h8-10,12-13H,6-7H2,1-5H3. The fourth-order valence-corrected chi connectivity index (χ4v) is 7.13. The molecule has 0 radical (unpaired) electrons. The Kier molecular flexibility index (Phi) is 6.86. The zero-order valence-corrected chi connectivity index (χ0v) is 12.7. The first-order valence-corrected chi connectivity index (χ1v) is 9.33. The molecule has 0 amide bonds. The second kappa shape index (κ2) is 6.46. The minimum Gasteiger partial charge on any atom is -0.420 e. The van der Waals surface area contributed by atoms with Gasteiger partial charge in [-0.3, -0.25) is 0 Å². The van der Waals surface area contributed by atoms with E-state index in [1.54, 1.807) is 0 Å². The summed E-state index contributed by atoms with van der Waals surface area (Å²) in [5.74, 6) is 0. The van der Waals surface area contributed by atoms with E-state index >= 15 is 0 Å². The normalized spacial score (nSPS) is 19.1. The van der Waals surface area contributed by atoms with E-state index in [0.717, 1.165) is 12.8 Å². The van der Waals surface area contributed by atoms with Crippen molar-refractivity contribution in [2.24, 2.45) is 0 Å². The van der Waals surface area contributed by atoms with E-state index in [9.17, 15) is 0 Å². The van der Waals surface area contributed by atoms with E-state index in [0.29, 0.717) is 16.0 Å². The molecule has 0 fully saturated rings. The molecule has 86 valence electrons. The highest BCUT2D eigenvalue weighted by Crippen LogP contribution is 2.38. The number of hydrogen-bond donors (Lipinski definition) is 2. The maximum atomic E-state index is 5.69. The van der Waals surface area contributed by atoms with Crippen LogP contribution in [0.4, 0.5) is 0 Å². The summed E-state index contributed by atoms with van der Waals surface area (Å²) in [4.78, 5) is 0. The molecule has 0 N–H and O–H groups in total. The molecule has 2 atom stereocenters. The Hall–Kier alpha value is 0.877. The van der Waals surface area contributed by atoms with Gasteiger partial charge in [-0.2, -0.15) is 25.3 Å². The van der Waals surface area contributed by atoms with Crippen molar-refractivity contribution in [2.45, 2.75) is 55.8 Å². The lowest BCUT2D eigenvalue weighted by atomic mass is 10.1. The predicted octanol–water partition coefficient (Wildman–Crippen LogP) is 3.62. The first kappa shape index (κ1) is 14.9. The summed E-state index contributed by atoms with van der Waals surface area (Å²) in [6, 6.07) is 0. The molecule has 0 rings (SSSR count). The molecule has 0 aliphatic carbocycles. The monoisotopic (exact) mass is 252 g/mol. The van der Waals surface area contributed by atoms with E-state index < -0.39 is 8.32 Å². The van der Waals surface area contributed by atoms with Gasteiger partial charge in [0.2, 0.25) is 0 Å². The van der Waals surface area contributed by atoms with E-state index in [1.807, 2.05) is 7.11 Å². The Bertz CT molecular complexity index is 154. The lowest BCUT2D eigenvalue weighted by molar-refractivity contribution is 0.383. The highest BCUT2D eigenvalue weighted by Gasteiger charge is 2.39. The minimum absolute atomic E-state index is 0.416. The van der Waals surface area contributed by atoms with Crippen LogP contribution in [0.1, 0.15) is 26.7 Å². The summed E-state index contributed by atoms with van der Waals surface area (Å²) in [6.45, 7) is 8.88. The zero-order valence-electron chi connectivity index (χ0n) is 9.95. The van der Waals surface area contributed by atoms with Crippen LogP contribution in [0, 0.1) is 0 Å². The lowest BCUT2D eigenvalue weighted by Crippen LogP contribution is -2.44. The molecule has 0 spiro atoms. The van der Waals surface area contributed by atoms with Crippen LogP contribution < -0.4 is 0 Å². The first-order chi connectivity index (χ1) is 6.40. The van der Waals surface area contributed by atoms with Crippen LogP contribution in [-0.2, 0) is 4.43 Å². The van der Waals surface area contributed by atoms with Crippen LogP contribution in [0.15, 0.2) is 0 Å². The molecule has 0 saturated heterocycles. The second-order valence-corrected chi connectivity index (χ2v) is 9.89. The Labute approximate surface area is 101 Å². The van der Waals surface area contributed by atoms with E-state index in [2.05, 4.69) is 52.2 Å². The van der Waals surface area contributed by atoms with Crippen LogP contribution >= 0.6 is 25.3 Å². The average Bonchev–Trinajstić information content (AvgIpc) is 2.17.